The molecule has 0 radical (unpaired) electrons. The van der Waals surface area contributed by atoms with E-state index in [1.54, 1.807) is 14.2 Å². The molecular formula is C15H26O4Si. The first-order valence-corrected chi connectivity index (χ1v) is 9.05. The van der Waals surface area contributed by atoms with Gasteiger partial charge in [-0.15, -0.1) is 0 Å². The monoisotopic (exact) mass is 298 g/mol. The minimum atomic E-state index is -2.64. The fourth-order valence-corrected chi connectivity index (χ4v) is 4.24. The largest absolute Gasteiger partial charge is 0.505 e. The maximum Gasteiger partial charge on any atom is 0.505 e. The van der Waals surface area contributed by atoms with Crippen LogP contribution in [0.25, 0.3) is 0 Å². The molecular weight excluding hydrogens is 272 g/mol. The van der Waals surface area contributed by atoms with Gasteiger partial charge < -0.3 is 18.0 Å². The van der Waals surface area contributed by atoms with Crippen LogP contribution in [-0.2, 0) is 24.1 Å². The first-order chi connectivity index (χ1) is 9.76. The molecule has 0 aliphatic carbocycles. The Morgan fingerprint density at radius 3 is 2.25 bits per heavy atom. The Hall–Kier alpha value is -0.723. The molecule has 0 amide bonds. The van der Waals surface area contributed by atoms with Gasteiger partial charge >= 0.3 is 8.80 Å². The van der Waals surface area contributed by atoms with Crippen LogP contribution in [0.1, 0.15) is 25.3 Å². The zero-order valence-electron chi connectivity index (χ0n) is 12.8. The fourth-order valence-electron chi connectivity index (χ4n) is 1.87. The van der Waals surface area contributed by atoms with E-state index in [9.17, 15) is 0 Å². The van der Waals surface area contributed by atoms with Gasteiger partial charge in [-0.2, -0.15) is 0 Å². The molecule has 0 aliphatic heterocycles. The van der Waals surface area contributed by atoms with E-state index in [1.165, 1.54) is 5.56 Å². The second-order valence-electron chi connectivity index (χ2n) is 4.59. The highest BCUT2D eigenvalue weighted by Gasteiger charge is 2.40. The van der Waals surface area contributed by atoms with Crippen LogP contribution in [0, 0.1) is 0 Å². The third-order valence-corrected chi connectivity index (χ3v) is 5.67. The SMILES string of the molecule is CCCO[Si](Cc1ccccc1)(OC)OCCCOC. The van der Waals surface area contributed by atoms with Crippen molar-refractivity contribution in [2.75, 3.05) is 34.0 Å². The highest BCUT2D eigenvalue weighted by atomic mass is 28.4. The summed E-state index contributed by atoms with van der Waals surface area (Å²) in [4.78, 5) is 0. The van der Waals surface area contributed by atoms with E-state index in [1.807, 2.05) is 18.2 Å². The van der Waals surface area contributed by atoms with Crippen molar-refractivity contribution in [3.63, 3.8) is 0 Å². The van der Waals surface area contributed by atoms with Gasteiger partial charge in [0.05, 0.1) is 0 Å². The summed E-state index contributed by atoms with van der Waals surface area (Å²) < 4.78 is 22.7. The molecule has 1 unspecified atom stereocenters. The molecule has 0 heterocycles. The average Bonchev–Trinajstić information content (AvgIpc) is 2.50. The van der Waals surface area contributed by atoms with Gasteiger partial charge in [-0.05, 0) is 18.4 Å². The standard InChI is InChI=1S/C15H26O4Si/c1-4-11-18-20(17-3,19-13-8-12-16-2)14-15-9-6-5-7-10-15/h5-7,9-10H,4,8,11-14H2,1-3H3. The van der Waals surface area contributed by atoms with E-state index in [-0.39, 0.29) is 0 Å². The van der Waals surface area contributed by atoms with Gasteiger partial charge in [0, 0.05) is 40.1 Å². The van der Waals surface area contributed by atoms with Crippen molar-refractivity contribution < 1.29 is 18.0 Å². The van der Waals surface area contributed by atoms with E-state index in [0.29, 0.717) is 25.9 Å². The van der Waals surface area contributed by atoms with Crippen LogP contribution in [0.2, 0.25) is 0 Å². The summed E-state index contributed by atoms with van der Waals surface area (Å²) in [5, 5.41) is 0. The van der Waals surface area contributed by atoms with Gasteiger partial charge in [-0.25, -0.2) is 0 Å². The minimum Gasteiger partial charge on any atom is -0.385 e. The number of hydrogen-bond acceptors (Lipinski definition) is 4. The third kappa shape index (κ3) is 6.15. The summed E-state index contributed by atoms with van der Waals surface area (Å²) in [5.41, 5.74) is 1.18. The number of benzene rings is 1. The van der Waals surface area contributed by atoms with Gasteiger partial charge in [-0.3, -0.25) is 0 Å². The van der Waals surface area contributed by atoms with E-state index in [0.717, 1.165) is 12.8 Å². The number of methoxy groups -OCH3 is 1. The molecule has 1 aromatic rings. The summed E-state index contributed by atoms with van der Waals surface area (Å²) in [6.07, 6.45) is 1.80. The Bertz CT molecular complexity index is 347. The zero-order valence-corrected chi connectivity index (χ0v) is 13.8. The molecule has 0 fully saturated rings. The molecule has 1 rings (SSSR count). The predicted molar refractivity (Wildman–Crippen MR) is 81.6 cm³/mol. The van der Waals surface area contributed by atoms with Crippen molar-refractivity contribution in [2.45, 2.75) is 25.8 Å². The smallest absolute Gasteiger partial charge is 0.385 e. The van der Waals surface area contributed by atoms with E-state index < -0.39 is 8.80 Å². The molecule has 1 atom stereocenters. The van der Waals surface area contributed by atoms with Crippen LogP contribution in [0.4, 0.5) is 0 Å². The lowest BCUT2D eigenvalue weighted by Crippen LogP contribution is -2.48. The van der Waals surface area contributed by atoms with Gasteiger partial charge in [0.2, 0.25) is 0 Å². The second-order valence-corrected chi connectivity index (χ2v) is 7.30. The van der Waals surface area contributed by atoms with E-state index in [2.05, 4.69) is 19.1 Å². The molecule has 0 aliphatic rings. The van der Waals surface area contributed by atoms with Crippen molar-refractivity contribution in [1.82, 2.24) is 0 Å². The van der Waals surface area contributed by atoms with Crippen LogP contribution in [0.5, 0.6) is 0 Å². The Labute approximate surface area is 123 Å². The van der Waals surface area contributed by atoms with Gasteiger partial charge in [0.25, 0.3) is 0 Å². The predicted octanol–water partition coefficient (Wildman–Crippen LogP) is 2.83. The molecule has 0 saturated heterocycles. The van der Waals surface area contributed by atoms with Crippen molar-refractivity contribution in [2.24, 2.45) is 0 Å². The lowest BCUT2D eigenvalue weighted by atomic mass is 10.2. The van der Waals surface area contributed by atoms with Crippen LogP contribution in [0.3, 0.4) is 0 Å². The van der Waals surface area contributed by atoms with Crippen LogP contribution in [-0.4, -0.2) is 42.8 Å². The molecule has 0 bridgehead atoms. The van der Waals surface area contributed by atoms with Crippen LogP contribution < -0.4 is 0 Å². The molecule has 5 heteroatoms. The minimum absolute atomic E-state index is 0.602. The quantitative estimate of drug-likeness (QED) is 0.465. The second kappa shape index (κ2) is 10.1. The maximum absolute atomic E-state index is 6.00. The van der Waals surface area contributed by atoms with Crippen molar-refractivity contribution in [3.05, 3.63) is 35.9 Å². The maximum atomic E-state index is 6.00. The average molecular weight is 298 g/mol. The molecule has 114 valence electrons. The molecule has 0 saturated carbocycles. The molecule has 0 aromatic heterocycles. The summed E-state index contributed by atoms with van der Waals surface area (Å²) in [6, 6.07) is 10.9. The van der Waals surface area contributed by atoms with Crippen molar-refractivity contribution >= 4 is 8.80 Å². The first kappa shape index (κ1) is 17.3. The Morgan fingerprint density at radius 2 is 1.65 bits per heavy atom. The molecule has 0 N–H and O–H groups in total. The lowest BCUT2D eigenvalue weighted by molar-refractivity contribution is 0.0675. The van der Waals surface area contributed by atoms with E-state index >= 15 is 0 Å². The number of hydrogen-bond donors (Lipinski definition) is 0. The van der Waals surface area contributed by atoms with E-state index in [4.69, 9.17) is 18.0 Å². The summed E-state index contributed by atoms with van der Waals surface area (Å²) in [6.45, 7) is 4.04. The van der Waals surface area contributed by atoms with Gasteiger partial charge in [0.1, 0.15) is 0 Å². The molecule has 0 spiro atoms. The normalized spacial score (nSPS) is 14.2. The Balaban J connectivity index is 2.65. The number of ether oxygens (including phenoxy) is 1. The Morgan fingerprint density at radius 1 is 0.950 bits per heavy atom. The lowest BCUT2D eigenvalue weighted by Gasteiger charge is -2.28. The fraction of sp³-hybridized carbons (Fsp3) is 0.600. The summed E-state index contributed by atoms with van der Waals surface area (Å²) in [7, 11) is 0.738. The molecule has 4 nitrogen and oxygen atoms in total. The Kier molecular flexibility index (Phi) is 8.72. The highest BCUT2D eigenvalue weighted by molar-refractivity contribution is 6.60. The zero-order chi connectivity index (χ0) is 14.7. The van der Waals surface area contributed by atoms with Crippen molar-refractivity contribution in [3.8, 4) is 0 Å². The highest BCUT2D eigenvalue weighted by Crippen LogP contribution is 2.17. The van der Waals surface area contributed by atoms with Crippen molar-refractivity contribution in [1.29, 1.82) is 0 Å². The van der Waals surface area contributed by atoms with Crippen LogP contribution in [0.15, 0.2) is 30.3 Å². The third-order valence-electron chi connectivity index (χ3n) is 2.92. The van der Waals surface area contributed by atoms with Crippen LogP contribution >= 0.6 is 0 Å². The first-order valence-electron chi connectivity index (χ1n) is 7.12. The summed E-state index contributed by atoms with van der Waals surface area (Å²) in [5.74, 6) is 0. The van der Waals surface area contributed by atoms with Gasteiger partial charge in [-0.1, -0.05) is 37.3 Å². The van der Waals surface area contributed by atoms with Gasteiger partial charge in [0.15, 0.2) is 0 Å². The summed E-state index contributed by atoms with van der Waals surface area (Å²) >= 11 is 0. The topological polar surface area (TPSA) is 36.9 Å². The molecule has 1 aromatic carbocycles. The number of rotatable bonds is 11. The molecule has 20 heavy (non-hydrogen) atoms.